The quantitative estimate of drug-likeness (QED) is 0.575. The van der Waals surface area contributed by atoms with Gasteiger partial charge in [-0.25, -0.2) is 0 Å². The third-order valence-corrected chi connectivity index (χ3v) is 2.10. The lowest BCUT2D eigenvalue weighted by Gasteiger charge is -2.32. The Labute approximate surface area is 71.9 Å². The van der Waals surface area contributed by atoms with E-state index in [1.54, 1.807) is 0 Å². The highest BCUT2D eigenvalue weighted by Gasteiger charge is 2.21. The molecule has 1 amide bonds. The molecule has 1 unspecified atom stereocenters. The molecular weight excluding hydrogens is 156 g/mol. The average Bonchev–Trinajstić information content (AvgIpc) is 2.07. The van der Waals surface area contributed by atoms with E-state index in [0.29, 0.717) is 32.1 Å². The van der Waals surface area contributed by atoms with Gasteiger partial charge in [-0.2, -0.15) is 0 Å². The Kier molecular flexibility index (Phi) is 3.22. The smallest absolute Gasteiger partial charge is 0.234 e. The Morgan fingerprint density at radius 2 is 2.50 bits per heavy atom. The van der Waals surface area contributed by atoms with Gasteiger partial charge in [0.1, 0.15) is 6.29 Å². The van der Waals surface area contributed by atoms with Gasteiger partial charge in [-0.05, 0) is 6.92 Å². The lowest BCUT2D eigenvalue weighted by Crippen LogP contribution is -2.53. The number of amides is 1. The van der Waals surface area contributed by atoms with Crippen molar-refractivity contribution in [3.05, 3.63) is 0 Å². The molecule has 0 saturated carbocycles. The summed E-state index contributed by atoms with van der Waals surface area (Å²) in [6, 6.07) is 0.350. The first kappa shape index (κ1) is 9.19. The lowest BCUT2D eigenvalue weighted by molar-refractivity contribution is -0.125. The molecule has 1 fully saturated rings. The highest BCUT2D eigenvalue weighted by molar-refractivity contribution is 5.78. The van der Waals surface area contributed by atoms with Gasteiger partial charge in [0, 0.05) is 25.6 Å². The molecule has 1 N–H and O–H groups in total. The third-order valence-electron chi connectivity index (χ3n) is 2.10. The molecule has 0 aromatic heterocycles. The summed E-state index contributed by atoms with van der Waals surface area (Å²) < 4.78 is 0. The number of rotatable bonds is 3. The maximum Gasteiger partial charge on any atom is 0.234 e. The topological polar surface area (TPSA) is 49.4 Å². The number of nitrogens with zero attached hydrogens (tertiary/aromatic N) is 1. The van der Waals surface area contributed by atoms with Gasteiger partial charge in [-0.15, -0.1) is 0 Å². The molecule has 0 aliphatic carbocycles. The van der Waals surface area contributed by atoms with Crippen molar-refractivity contribution in [2.24, 2.45) is 0 Å². The van der Waals surface area contributed by atoms with Gasteiger partial charge in [-0.1, -0.05) is 0 Å². The summed E-state index contributed by atoms with van der Waals surface area (Å²) in [7, 11) is 0. The van der Waals surface area contributed by atoms with E-state index in [9.17, 15) is 9.59 Å². The van der Waals surface area contributed by atoms with Crippen LogP contribution in [0, 0.1) is 0 Å². The zero-order chi connectivity index (χ0) is 8.97. The summed E-state index contributed by atoms with van der Waals surface area (Å²) in [4.78, 5) is 23.1. The number of hydrogen-bond acceptors (Lipinski definition) is 3. The number of hydrogen-bond donors (Lipinski definition) is 1. The second-order valence-electron chi connectivity index (χ2n) is 3.08. The van der Waals surface area contributed by atoms with E-state index in [0.717, 1.165) is 6.29 Å². The van der Waals surface area contributed by atoms with Crippen molar-refractivity contribution in [1.82, 2.24) is 10.2 Å². The van der Waals surface area contributed by atoms with Crippen LogP contribution in [0.3, 0.4) is 0 Å². The molecule has 1 heterocycles. The summed E-state index contributed by atoms with van der Waals surface area (Å²) in [6.45, 7) is 3.86. The normalized spacial score (nSPS) is 25.1. The van der Waals surface area contributed by atoms with Crippen LogP contribution in [0.15, 0.2) is 0 Å². The molecule has 4 heteroatoms. The molecule has 0 spiro atoms. The van der Waals surface area contributed by atoms with Crippen LogP contribution in [0.2, 0.25) is 0 Å². The Bertz CT molecular complexity index is 182. The van der Waals surface area contributed by atoms with Gasteiger partial charge < -0.3 is 10.1 Å². The van der Waals surface area contributed by atoms with Crippen molar-refractivity contribution < 1.29 is 9.59 Å². The standard InChI is InChI=1S/C8H14N2O2/c1-7-5-9-8(12)6-10(7)3-2-4-11/h4,7H,2-3,5-6H2,1H3,(H,9,12). The molecule has 68 valence electrons. The fourth-order valence-electron chi connectivity index (χ4n) is 1.30. The highest BCUT2D eigenvalue weighted by Crippen LogP contribution is 2.02. The van der Waals surface area contributed by atoms with E-state index >= 15 is 0 Å². The SMILES string of the molecule is CC1CNC(=O)CN1CCC=O. The van der Waals surface area contributed by atoms with E-state index < -0.39 is 0 Å². The molecule has 4 nitrogen and oxygen atoms in total. The monoisotopic (exact) mass is 170 g/mol. The van der Waals surface area contributed by atoms with Crippen molar-refractivity contribution in [3.63, 3.8) is 0 Å². The summed E-state index contributed by atoms with van der Waals surface area (Å²) in [6.07, 6.45) is 1.40. The van der Waals surface area contributed by atoms with Crippen molar-refractivity contribution >= 4 is 12.2 Å². The van der Waals surface area contributed by atoms with Crippen LogP contribution < -0.4 is 5.32 Å². The second-order valence-corrected chi connectivity index (χ2v) is 3.08. The fraction of sp³-hybridized carbons (Fsp3) is 0.750. The number of nitrogens with one attached hydrogen (secondary N) is 1. The van der Waals surface area contributed by atoms with Gasteiger partial charge in [0.05, 0.1) is 6.54 Å². The van der Waals surface area contributed by atoms with Crippen molar-refractivity contribution in [3.8, 4) is 0 Å². The average molecular weight is 170 g/mol. The molecule has 0 bridgehead atoms. The summed E-state index contributed by atoms with van der Waals surface area (Å²) in [5.41, 5.74) is 0. The van der Waals surface area contributed by atoms with Gasteiger partial charge in [-0.3, -0.25) is 9.69 Å². The molecule has 12 heavy (non-hydrogen) atoms. The van der Waals surface area contributed by atoms with Crippen LogP contribution in [0.5, 0.6) is 0 Å². The van der Waals surface area contributed by atoms with Crippen molar-refractivity contribution in [2.45, 2.75) is 19.4 Å². The lowest BCUT2D eigenvalue weighted by atomic mass is 10.2. The first-order valence-corrected chi connectivity index (χ1v) is 4.18. The minimum Gasteiger partial charge on any atom is -0.353 e. The molecule has 0 aromatic carbocycles. The number of piperazine rings is 1. The summed E-state index contributed by atoms with van der Waals surface area (Å²) in [5.74, 6) is 0.0546. The Morgan fingerprint density at radius 1 is 1.75 bits per heavy atom. The van der Waals surface area contributed by atoms with E-state index in [1.165, 1.54) is 0 Å². The Hall–Kier alpha value is -0.900. The fourth-order valence-corrected chi connectivity index (χ4v) is 1.30. The molecule has 1 aliphatic heterocycles. The number of carbonyl (C=O) groups is 2. The highest BCUT2D eigenvalue weighted by atomic mass is 16.2. The van der Waals surface area contributed by atoms with Crippen LogP contribution >= 0.6 is 0 Å². The first-order chi connectivity index (χ1) is 5.74. The second kappa shape index (κ2) is 4.21. The molecule has 1 atom stereocenters. The van der Waals surface area contributed by atoms with Crippen molar-refractivity contribution in [2.75, 3.05) is 19.6 Å². The van der Waals surface area contributed by atoms with Gasteiger partial charge in [0.15, 0.2) is 0 Å². The summed E-state index contributed by atoms with van der Waals surface area (Å²) >= 11 is 0. The minimum absolute atomic E-state index is 0.0546. The molecule has 1 aliphatic rings. The van der Waals surface area contributed by atoms with Gasteiger partial charge >= 0.3 is 0 Å². The molecule has 1 rings (SSSR count). The van der Waals surface area contributed by atoms with Crippen molar-refractivity contribution in [1.29, 1.82) is 0 Å². The first-order valence-electron chi connectivity index (χ1n) is 4.18. The van der Waals surface area contributed by atoms with Gasteiger partial charge in [0.2, 0.25) is 5.91 Å². The van der Waals surface area contributed by atoms with Crippen LogP contribution in [0.1, 0.15) is 13.3 Å². The summed E-state index contributed by atoms with van der Waals surface area (Å²) in [5, 5.41) is 2.77. The van der Waals surface area contributed by atoms with E-state index in [2.05, 4.69) is 5.32 Å². The zero-order valence-corrected chi connectivity index (χ0v) is 7.25. The predicted octanol–water partition coefficient (Wildman–Crippen LogP) is -0.604. The van der Waals surface area contributed by atoms with E-state index in [1.807, 2.05) is 11.8 Å². The van der Waals surface area contributed by atoms with E-state index in [4.69, 9.17) is 0 Å². The maximum atomic E-state index is 10.9. The molecular formula is C8H14N2O2. The van der Waals surface area contributed by atoms with Crippen LogP contribution in [0.25, 0.3) is 0 Å². The maximum absolute atomic E-state index is 10.9. The van der Waals surface area contributed by atoms with E-state index in [-0.39, 0.29) is 5.91 Å². The largest absolute Gasteiger partial charge is 0.353 e. The minimum atomic E-state index is 0.0546. The van der Waals surface area contributed by atoms with Crippen LogP contribution in [-0.2, 0) is 9.59 Å². The molecule has 1 saturated heterocycles. The van der Waals surface area contributed by atoms with Crippen LogP contribution in [0.4, 0.5) is 0 Å². The predicted molar refractivity (Wildman–Crippen MR) is 44.7 cm³/mol. The van der Waals surface area contributed by atoms with Crippen LogP contribution in [-0.4, -0.2) is 42.8 Å². The Balaban J connectivity index is 2.37. The zero-order valence-electron chi connectivity index (χ0n) is 7.25. The molecule has 0 aromatic rings. The number of carbonyl (C=O) groups excluding carboxylic acids is 2. The Morgan fingerprint density at radius 3 is 3.17 bits per heavy atom. The molecule has 0 radical (unpaired) electrons. The van der Waals surface area contributed by atoms with Gasteiger partial charge in [0.25, 0.3) is 0 Å². The number of aldehydes is 1. The third kappa shape index (κ3) is 2.30.